The van der Waals surface area contributed by atoms with Crippen molar-refractivity contribution in [3.63, 3.8) is 0 Å². The summed E-state index contributed by atoms with van der Waals surface area (Å²) in [6.07, 6.45) is 0. The number of anilines is 1. The maximum Gasteiger partial charge on any atom is 0.343 e. The van der Waals surface area contributed by atoms with Gasteiger partial charge in [-0.05, 0) is 53.9 Å². The molecule has 0 spiro atoms. The highest BCUT2D eigenvalue weighted by Crippen LogP contribution is 2.20. The Kier molecular flexibility index (Phi) is 5.11. The molecule has 5 nitrogen and oxygen atoms in total. The van der Waals surface area contributed by atoms with Gasteiger partial charge in [-0.3, -0.25) is 4.79 Å². The maximum absolute atomic E-state index is 12.2. The van der Waals surface area contributed by atoms with Gasteiger partial charge in [-0.2, -0.15) is 0 Å². The average molecular weight is 353 g/mol. The molecule has 0 saturated carbocycles. The molecular formula is C19H15NO4S. The number of hydrogen-bond acceptors (Lipinski definition) is 5. The predicted molar refractivity (Wildman–Crippen MR) is 96.7 cm³/mol. The van der Waals surface area contributed by atoms with Crippen molar-refractivity contribution < 1.29 is 19.1 Å². The monoisotopic (exact) mass is 353 g/mol. The van der Waals surface area contributed by atoms with E-state index in [0.717, 1.165) is 0 Å². The van der Waals surface area contributed by atoms with Crippen molar-refractivity contribution in [2.24, 2.45) is 0 Å². The van der Waals surface area contributed by atoms with Crippen molar-refractivity contribution in [3.8, 4) is 11.5 Å². The number of nitrogens with one attached hydrogen (secondary N) is 1. The summed E-state index contributed by atoms with van der Waals surface area (Å²) in [7, 11) is 1.54. The van der Waals surface area contributed by atoms with Gasteiger partial charge in [-0.15, -0.1) is 11.3 Å². The first-order valence-electron chi connectivity index (χ1n) is 7.47. The third-order valence-corrected chi connectivity index (χ3v) is 4.24. The topological polar surface area (TPSA) is 64.6 Å². The summed E-state index contributed by atoms with van der Waals surface area (Å²) in [6, 6.07) is 16.9. The summed E-state index contributed by atoms with van der Waals surface area (Å²) >= 11 is 1.37. The first-order valence-corrected chi connectivity index (χ1v) is 8.35. The molecule has 1 aromatic heterocycles. The number of methoxy groups -OCH3 is 1. The van der Waals surface area contributed by atoms with Crippen molar-refractivity contribution in [1.82, 2.24) is 0 Å². The van der Waals surface area contributed by atoms with E-state index in [2.05, 4.69) is 5.32 Å². The van der Waals surface area contributed by atoms with Gasteiger partial charge in [0.1, 0.15) is 11.5 Å². The molecule has 0 saturated heterocycles. The second-order valence-corrected chi connectivity index (χ2v) is 6.02. The zero-order valence-electron chi connectivity index (χ0n) is 13.4. The van der Waals surface area contributed by atoms with Crippen LogP contribution in [0.2, 0.25) is 0 Å². The van der Waals surface area contributed by atoms with Crippen LogP contribution in [0.15, 0.2) is 66.0 Å². The summed E-state index contributed by atoms with van der Waals surface area (Å²) in [5.74, 6) is 0.327. The number of carbonyl (C=O) groups is 2. The van der Waals surface area contributed by atoms with E-state index < -0.39 is 5.97 Å². The number of amides is 1. The molecule has 0 atom stereocenters. The van der Waals surface area contributed by atoms with Crippen molar-refractivity contribution >= 4 is 28.9 Å². The van der Waals surface area contributed by atoms with Crippen molar-refractivity contribution in [2.45, 2.75) is 0 Å². The van der Waals surface area contributed by atoms with Crippen LogP contribution in [-0.2, 0) is 0 Å². The van der Waals surface area contributed by atoms with Gasteiger partial charge in [-0.25, -0.2) is 4.79 Å². The summed E-state index contributed by atoms with van der Waals surface area (Å²) < 4.78 is 10.4. The third-order valence-electron chi connectivity index (χ3n) is 3.37. The number of benzene rings is 2. The molecule has 1 amide bonds. The quantitative estimate of drug-likeness (QED) is 0.551. The molecule has 0 radical (unpaired) electrons. The first kappa shape index (κ1) is 16.7. The van der Waals surface area contributed by atoms with Crippen LogP contribution in [0.4, 0.5) is 5.69 Å². The van der Waals surface area contributed by atoms with Crippen LogP contribution in [0, 0.1) is 0 Å². The third kappa shape index (κ3) is 4.24. The predicted octanol–water partition coefficient (Wildman–Crippen LogP) is 4.23. The van der Waals surface area contributed by atoms with E-state index >= 15 is 0 Å². The Morgan fingerprint density at radius 1 is 0.960 bits per heavy atom. The fourth-order valence-electron chi connectivity index (χ4n) is 2.12. The minimum atomic E-state index is -0.478. The Labute approximate surface area is 148 Å². The van der Waals surface area contributed by atoms with Crippen molar-refractivity contribution in [2.75, 3.05) is 12.4 Å². The summed E-state index contributed by atoms with van der Waals surface area (Å²) in [6.45, 7) is 0. The van der Waals surface area contributed by atoms with E-state index in [1.807, 2.05) is 11.4 Å². The van der Waals surface area contributed by atoms with Crippen LogP contribution in [0.5, 0.6) is 11.5 Å². The lowest BCUT2D eigenvalue weighted by Crippen LogP contribution is -2.10. The molecule has 0 aliphatic heterocycles. The molecule has 6 heteroatoms. The number of thiophene rings is 1. The van der Waals surface area contributed by atoms with E-state index in [4.69, 9.17) is 9.47 Å². The molecule has 1 N–H and O–H groups in total. The van der Waals surface area contributed by atoms with Crippen molar-refractivity contribution in [3.05, 3.63) is 76.5 Å². The molecule has 0 aliphatic carbocycles. The molecule has 126 valence electrons. The molecule has 0 unspecified atom stereocenters. The molecule has 0 aliphatic rings. The molecule has 2 aromatic carbocycles. The fourth-order valence-corrected chi connectivity index (χ4v) is 2.74. The van der Waals surface area contributed by atoms with Crippen LogP contribution < -0.4 is 14.8 Å². The van der Waals surface area contributed by atoms with Crippen LogP contribution in [0.3, 0.4) is 0 Å². The number of hydrogen-bond donors (Lipinski definition) is 1. The maximum atomic E-state index is 12.2. The highest BCUT2D eigenvalue weighted by Gasteiger charge is 2.10. The molecule has 3 aromatic rings. The molecule has 3 rings (SSSR count). The molecule has 0 bridgehead atoms. The Balaban J connectivity index is 1.64. The van der Waals surface area contributed by atoms with Crippen LogP contribution in [0.25, 0.3) is 0 Å². The van der Waals surface area contributed by atoms with Gasteiger partial charge in [0.15, 0.2) is 0 Å². The van der Waals surface area contributed by atoms with Gasteiger partial charge in [-0.1, -0.05) is 12.1 Å². The van der Waals surface area contributed by atoms with Gasteiger partial charge in [0.25, 0.3) is 5.91 Å². The minimum absolute atomic E-state index is 0.170. The van der Waals surface area contributed by atoms with Crippen LogP contribution >= 0.6 is 11.3 Å². The second kappa shape index (κ2) is 7.63. The van der Waals surface area contributed by atoms with Gasteiger partial charge in [0, 0.05) is 5.69 Å². The van der Waals surface area contributed by atoms with Gasteiger partial charge < -0.3 is 14.8 Å². The lowest BCUT2D eigenvalue weighted by atomic mass is 10.2. The largest absolute Gasteiger partial charge is 0.497 e. The molecule has 25 heavy (non-hydrogen) atoms. The van der Waals surface area contributed by atoms with E-state index in [0.29, 0.717) is 27.6 Å². The summed E-state index contributed by atoms with van der Waals surface area (Å²) in [4.78, 5) is 24.8. The van der Waals surface area contributed by atoms with E-state index in [1.54, 1.807) is 54.6 Å². The average Bonchev–Trinajstić information content (AvgIpc) is 3.18. The normalized spacial score (nSPS) is 10.1. The van der Waals surface area contributed by atoms with Gasteiger partial charge in [0.2, 0.25) is 0 Å². The molecule has 1 heterocycles. The SMILES string of the molecule is COc1cccc(C(=O)Oc2ccc(NC(=O)c3cccs3)cc2)c1. The van der Waals surface area contributed by atoms with Crippen molar-refractivity contribution in [1.29, 1.82) is 0 Å². The fraction of sp³-hybridized carbons (Fsp3) is 0.0526. The summed E-state index contributed by atoms with van der Waals surface area (Å²) in [5.41, 5.74) is 1.02. The van der Waals surface area contributed by atoms with Gasteiger partial charge in [0.05, 0.1) is 17.6 Å². The van der Waals surface area contributed by atoms with E-state index in [1.165, 1.54) is 18.4 Å². The Bertz CT molecular complexity index is 873. The lowest BCUT2D eigenvalue weighted by molar-refractivity contribution is 0.0734. The highest BCUT2D eigenvalue weighted by molar-refractivity contribution is 7.12. The number of carbonyl (C=O) groups excluding carboxylic acids is 2. The first-order chi connectivity index (χ1) is 12.2. The molecular weight excluding hydrogens is 338 g/mol. The number of ether oxygens (including phenoxy) is 2. The number of esters is 1. The highest BCUT2D eigenvalue weighted by atomic mass is 32.1. The van der Waals surface area contributed by atoms with Crippen LogP contribution in [-0.4, -0.2) is 19.0 Å². The Morgan fingerprint density at radius 2 is 1.76 bits per heavy atom. The Hall–Kier alpha value is -3.12. The van der Waals surface area contributed by atoms with Crippen LogP contribution in [0.1, 0.15) is 20.0 Å². The Morgan fingerprint density at radius 3 is 2.44 bits per heavy atom. The zero-order chi connectivity index (χ0) is 17.6. The van der Waals surface area contributed by atoms with E-state index in [9.17, 15) is 9.59 Å². The second-order valence-electron chi connectivity index (χ2n) is 5.08. The minimum Gasteiger partial charge on any atom is -0.497 e. The van der Waals surface area contributed by atoms with Gasteiger partial charge >= 0.3 is 5.97 Å². The summed E-state index contributed by atoms with van der Waals surface area (Å²) in [5, 5.41) is 4.63. The number of rotatable bonds is 5. The smallest absolute Gasteiger partial charge is 0.343 e. The zero-order valence-corrected chi connectivity index (χ0v) is 14.2. The van der Waals surface area contributed by atoms with E-state index in [-0.39, 0.29) is 5.91 Å². The standard InChI is InChI=1S/C19H15NO4S/c1-23-16-5-2-4-13(12-16)19(22)24-15-9-7-14(8-10-15)20-18(21)17-6-3-11-25-17/h2-12H,1H3,(H,20,21). The molecule has 0 fully saturated rings. The lowest BCUT2D eigenvalue weighted by Gasteiger charge is -2.07.